The number of anilines is 3. The number of benzene rings is 9. The zero-order chi connectivity index (χ0) is 41.7. The number of fused-ring (bicyclic) bond motifs is 4. The average molecular weight is 786 g/mol. The number of hydrogen-bond acceptors (Lipinski definition) is 1. The molecule has 1 heteroatoms. The summed E-state index contributed by atoms with van der Waals surface area (Å²) in [6.45, 7) is 11.6. The number of hydrogen-bond donors (Lipinski definition) is 0. The highest BCUT2D eigenvalue weighted by Gasteiger charge is 2.35. The zero-order valence-electron chi connectivity index (χ0n) is 35.8. The Hall–Kier alpha value is -6.96. The van der Waals surface area contributed by atoms with Crippen molar-refractivity contribution in [1.29, 1.82) is 0 Å². The molecule has 1 nitrogen and oxygen atoms in total. The Bertz CT molecular complexity index is 3050. The summed E-state index contributed by atoms with van der Waals surface area (Å²) < 4.78 is 0. The standard InChI is InChI=1S/C60H51N/c1-6-40(2)59-53(25-15-26-56(59)50-21-9-7-16-41(50)3)44-30-34-48(35-31-44)61(49-36-37-55-54-23-11-12-27-57(54)60(4,5)58(55)39-49)47-32-28-42(29-33-47)45-19-13-20-46(38-45)52-24-14-18-43-17-8-10-22-51(43)52/h7-40H,6H2,1-5H3/t40-/m0/s1. The van der Waals surface area contributed by atoms with Crippen molar-refractivity contribution in [2.45, 2.75) is 52.4 Å². The predicted molar refractivity (Wildman–Crippen MR) is 261 cm³/mol. The van der Waals surface area contributed by atoms with Crippen LogP contribution < -0.4 is 4.90 Å². The van der Waals surface area contributed by atoms with E-state index >= 15 is 0 Å². The monoisotopic (exact) mass is 785 g/mol. The third-order valence-corrected chi connectivity index (χ3v) is 13.3. The van der Waals surface area contributed by atoms with Crippen molar-refractivity contribution in [2.75, 3.05) is 4.90 Å². The van der Waals surface area contributed by atoms with E-state index in [4.69, 9.17) is 0 Å². The van der Waals surface area contributed by atoms with Crippen LogP contribution in [0.25, 0.3) is 66.4 Å². The van der Waals surface area contributed by atoms with Gasteiger partial charge in [0.05, 0.1) is 0 Å². The molecule has 0 amide bonds. The second kappa shape index (κ2) is 15.6. The van der Waals surface area contributed by atoms with Crippen LogP contribution in [-0.4, -0.2) is 0 Å². The molecule has 0 unspecified atom stereocenters. The molecule has 1 aliphatic rings. The highest BCUT2D eigenvalue weighted by molar-refractivity contribution is 5.97. The van der Waals surface area contributed by atoms with Crippen molar-refractivity contribution < 1.29 is 0 Å². The van der Waals surface area contributed by atoms with Crippen LogP contribution in [0.3, 0.4) is 0 Å². The highest BCUT2D eigenvalue weighted by Crippen LogP contribution is 2.51. The number of aryl methyl sites for hydroxylation is 1. The van der Waals surface area contributed by atoms with Crippen LogP contribution in [0.2, 0.25) is 0 Å². The largest absolute Gasteiger partial charge is 0.310 e. The molecule has 0 aromatic heterocycles. The fourth-order valence-corrected chi connectivity index (χ4v) is 9.88. The van der Waals surface area contributed by atoms with Gasteiger partial charge in [0.2, 0.25) is 0 Å². The van der Waals surface area contributed by atoms with Gasteiger partial charge >= 0.3 is 0 Å². The Kier molecular flexibility index (Phi) is 9.77. The fraction of sp³-hybridized carbons (Fsp3) is 0.133. The molecule has 0 N–H and O–H groups in total. The summed E-state index contributed by atoms with van der Waals surface area (Å²) in [5, 5.41) is 2.53. The molecule has 0 fully saturated rings. The minimum Gasteiger partial charge on any atom is -0.310 e. The van der Waals surface area contributed by atoms with Gasteiger partial charge in [-0.2, -0.15) is 0 Å². The lowest BCUT2D eigenvalue weighted by molar-refractivity contribution is 0.660. The van der Waals surface area contributed by atoms with E-state index in [1.165, 1.54) is 88.7 Å². The minimum absolute atomic E-state index is 0.106. The molecule has 0 saturated carbocycles. The quantitative estimate of drug-likeness (QED) is 0.141. The van der Waals surface area contributed by atoms with E-state index in [0.29, 0.717) is 5.92 Å². The van der Waals surface area contributed by atoms with Gasteiger partial charge in [-0.1, -0.05) is 185 Å². The SMILES string of the molecule is CC[C@H](C)c1c(-c2ccc(N(c3ccc(-c4cccc(-c5cccc6ccccc56)c4)cc3)c3ccc4c(c3)C(C)(C)c3ccccc3-4)cc2)cccc1-c1ccccc1C. The Morgan fingerprint density at radius 2 is 0.984 bits per heavy atom. The summed E-state index contributed by atoms with van der Waals surface area (Å²) in [7, 11) is 0. The van der Waals surface area contributed by atoms with Crippen molar-refractivity contribution in [2.24, 2.45) is 0 Å². The second-order valence-corrected chi connectivity index (χ2v) is 17.3. The lowest BCUT2D eigenvalue weighted by atomic mass is 9.82. The molecular weight excluding hydrogens is 735 g/mol. The molecule has 1 atom stereocenters. The van der Waals surface area contributed by atoms with Gasteiger partial charge in [-0.15, -0.1) is 0 Å². The van der Waals surface area contributed by atoms with Gasteiger partial charge in [0.25, 0.3) is 0 Å². The molecule has 0 spiro atoms. The van der Waals surface area contributed by atoms with E-state index in [-0.39, 0.29) is 5.41 Å². The van der Waals surface area contributed by atoms with Crippen LogP contribution >= 0.6 is 0 Å². The smallest absolute Gasteiger partial charge is 0.0465 e. The first-order chi connectivity index (χ1) is 29.8. The van der Waals surface area contributed by atoms with Crippen molar-refractivity contribution in [3.05, 3.63) is 222 Å². The Labute approximate surface area is 361 Å². The van der Waals surface area contributed by atoms with Crippen LogP contribution in [0, 0.1) is 6.92 Å². The average Bonchev–Trinajstić information content (AvgIpc) is 3.54. The van der Waals surface area contributed by atoms with E-state index in [9.17, 15) is 0 Å². The predicted octanol–water partition coefficient (Wildman–Crippen LogP) is 17.1. The topological polar surface area (TPSA) is 3.24 Å². The summed E-state index contributed by atoms with van der Waals surface area (Å²) in [6, 6.07) is 74.2. The van der Waals surface area contributed by atoms with Gasteiger partial charge < -0.3 is 4.90 Å². The maximum atomic E-state index is 2.43. The molecule has 0 radical (unpaired) electrons. The van der Waals surface area contributed by atoms with E-state index in [2.05, 4.69) is 240 Å². The lowest BCUT2D eigenvalue weighted by Gasteiger charge is -2.28. The minimum atomic E-state index is -0.106. The summed E-state index contributed by atoms with van der Waals surface area (Å²) in [4.78, 5) is 2.43. The molecule has 10 rings (SSSR count). The maximum Gasteiger partial charge on any atom is 0.0465 e. The van der Waals surface area contributed by atoms with Crippen molar-refractivity contribution in [1.82, 2.24) is 0 Å². The fourth-order valence-electron chi connectivity index (χ4n) is 9.88. The van der Waals surface area contributed by atoms with E-state index < -0.39 is 0 Å². The van der Waals surface area contributed by atoms with Crippen LogP contribution in [0.15, 0.2) is 200 Å². The molecule has 0 bridgehead atoms. The van der Waals surface area contributed by atoms with E-state index in [0.717, 1.165) is 23.5 Å². The Morgan fingerprint density at radius 3 is 1.75 bits per heavy atom. The molecule has 1 aliphatic carbocycles. The van der Waals surface area contributed by atoms with Gasteiger partial charge in [-0.25, -0.2) is 0 Å². The molecule has 61 heavy (non-hydrogen) atoms. The van der Waals surface area contributed by atoms with Crippen LogP contribution in [-0.2, 0) is 5.41 Å². The van der Waals surface area contributed by atoms with Gasteiger partial charge in [0.15, 0.2) is 0 Å². The first kappa shape index (κ1) is 38.3. The molecule has 9 aromatic carbocycles. The van der Waals surface area contributed by atoms with E-state index in [1.54, 1.807) is 0 Å². The Morgan fingerprint density at radius 1 is 0.426 bits per heavy atom. The third kappa shape index (κ3) is 6.75. The first-order valence-corrected chi connectivity index (χ1v) is 21.8. The van der Waals surface area contributed by atoms with Crippen LogP contribution in [0.5, 0.6) is 0 Å². The first-order valence-electron chi connectivity index (χ1n) is 21.8. The summed E-state index contributed by atoms with van der Waals surface area (Å²) in [6.07, 6.45) is 1.07. The summed E-state index contributed by atoms with van der Waals surface area (Å²) in [5.74, 6) is 0.409. The maximum absolute atomic E-state index is 2.43. The number of nitrogens with zero attached hydrogens (tertiary/aromatic N) is 1. The van der Waals surface area contributed by atoms with Gasteiger partial charge in [0, 0.05) is 22.5 Å². The number of rotatable bonds is 9. The molecule has 0 aliphatic heterocycles. The lowest BCUT2D eigenvalue weighted by Crippen LogP contribution is -2.16. The summed E-state index contributed by atoms with van der Waals surface area (Å²) in [5.41, 5.74) is 21.5. The molecule has 0 heterocycles. The molecule has 296 valence electrons. The van der Waals surface area contributed by atoms with Gasteiger partial charge in [-0.05, 0) is 150 Å². The second-order valence-electron chi connectivity index (χ2n) is 17.3. The normalized spacial score (nSPS) is 13.1. The van der Waals surface area contributed by atoms with Crippen molar-refractivity contribution in [3.8, 4) is 55.6 Å². The van der Waals surface area contributed by atoms with Crippen LogP contribution in [0.4, 0.5) is 17.1 Å². The van der Waals surface area contributed by atoms with Crippen molar-refractivity contribution in [3.63, 3.8) is 0 Å². The van der Waals surface area contributed by atoms with Gasteiger partial charge in [0.1, 0.15) is 0 Å². The molecule has 0 saturated heterocycles. The van der Waals surface area contributed by atoms with Crippen molar-refractivity contribution >= 4 is 27.8 Å². The Balaban J connectivity index is 1.06. The summed E-state index contributed by atoms with van der Waals surface area (Å²) >= 11 is 0. The highest BCUT2D eigenvalue weighted by atomic mass is 15.1. The van der Waals surface area contributed by atoms with E-state index in [1.807, 2.05) is 0 Å². The third-order valence-electron chi connectivity index (χ3n) is 13.3. The van der Waals surface area contributed by atoms with Crippen LogP contribution in [0.1, 0.15) is 62.3 Å². The van der Waals surface area contributed by atoms with Gasteiger partial charge in [-0.3, -0.25) is 0 Å². The molecular formula is C60H51N. The zero-order valence-corrected chi connectivity index (χ0v) is 35.8. The molecule has 9 aromatic rings.